The first-order valence-electron chi connectivity index (χ1n) is 5.91. The lowest BCUT2D eigenvalue weighted by Crippen LogP contribution is -2.16. The van der Waals surface area contributed by atoms with Gasteiger partial charge in [-0.05, 0) is 27.8 Å². The molecular formula is C16H17N. The smallest absolute Gasteiger partial charge is 0.0761 e. The molecule has 2 rings (SSSR count). The summed E-state index contributed by atoms with van der Waals surface area (Å²) in [7, 11) is 0. The highest BCUT2D eigenvalue weighted by Crippen LogP contribution is 2.35. The summed E-state index contributed by atoms with van der Waals surface area (Å²) in [4.78, 5) is 0. The summed E-state index contributed by atoms with van der Waals surface area (Å²) in [6.07, 6.45) is 0. The second kappa shape index (κ2) is 4.22. The summed E-state index contributed by atoms with van der Waals surface area (Å²) in [5, 5.41) is 11.8. The molecule has 1 atom stereocenters. The summed E-state index contributed by atoms with van der Waals surface area (Å²) in [6, 6.07) is 17.0. The molecule has 0 saturated heterocycles. The first kappa shape index (κ1) is 11.7. The Morgan fingerprint density at radius 1 is 1.00 bits per heavy atom. The van der Waals surface area contributed by atoms with Gasteiger partial charge in [-0.1, -0.05) is 57.2 Å². The van der Waals surface area contributed by atoms with E-state index in [9.17, 15) is 5.26 Å². The fourth-order valence-electron chi connectivity index (χ4n) is 2.16. The van der Waals surface area contributed by atoms with Crippen LogP contribution in [0.2, 0.25) is 0 Å². The van der Waals surface area contributed by atoms with Gasteiger partial charge in [0, 0.05) is 0 Å². The molecule has 1 heteroatoms. The third kappa shape index (κ3) is 2.31. The number of benzene rings is 2. The molecule has 0 heterocycles. The van der Waals surface area contributed by atoms with E-state index in [0.29, 0.717) is 0 Å². The van der Waals surface area contributed by atoms with Crippen LogP contribution in [0.15, 0.2) is 42.5 Å². The summed E-state index contributed by atoms with van der Waals surface area (Å²) >= 11 is 0. The Labute approximate surface area is 103 Å². The molecule has 1 nitrogen and oxygen atoms in total. The van der Waals surface area contributed by atoms with Crippen molar-refractivity contribution in [3.8, 4) is 6.07 Å². The monoisotopic (exact) mass is 223 g/mol. The second-order valence-electron chi connectivity index (χ2n) is 5.53. The van der Waals surface area contributed by atoms with Crippen molar-refractivity contribution < 1.29 is 0 Å². The molecule has 0 amide bonds. The second-order valence-corrected chi connectivity index (χ2v) is 5.53. The minimum Gasteiger partial charge on any atom is -0.198 e. The van der Waals surface area contributed by atoms with Gasteiger partial charge >= 0.3 is 0 Å². The number of hydrogen-bond acceptors (Lipinski definition) is 1. The molecule has 2 aromatic rings. The standard InChI is InChI=1S/C16H17N/c1-16(2,3)15(11-17)14-9-8-12-6-4-5-7-13(12)10-14/h4-10,15H,1-3H3. The van der Waals surface area contributed by atoms with Crippen molar-refractivity contribution in [3.63, 3.8) is 0 Å². The maximum atomic E-state index is 9.34. The third-order valence-electron chi connectivity index (χ3n) is 3.10. The molecule has 0 aromatic heterocycles. The van der Waals surface area contributed by atoms with Gasteiger partial charge < -0.3 is 0 Å². The largest absolute Gasteiger partial charge is 0.198 e. The maximum Gasteiger partial charge on any atom is 0.0761 e. The molecule has 0 fully saturated rings. The number of rotatable bonds is 1. The van der Waals surface area contributed by atoms with E-state index in [1.54, 1.807) is 0 Å². The predicted octanol–water partition coefficient (Wildman–Crippen LogP) is 4.49. The quantitative estimate of drug-likeness (QED) is 0.698. The molecule has 0 aliphatic rings. The first-order valence-corrected chi connectivity index (χ1v) is 5.91. The summed E-state index contributed by atoms with van der Waals surface area (Å²) in [6.45, 7) is 6.32. The lowest BCUT2D eigenvalue weighted by molar-refractivity contribution is 0.373. The first-order chi connectivity index (χ1) is 8.02. The zero-order valence-electron chi connectivity index (χ0n) is 10.6. The van der Waals surface area contributed by atoms with Gasteiger partial charge in [-0.3, -0.25) is 0 Å². The van der Waals surface area contributed by atoms with Gasteiger partial charge in [0.15, 0.2) is 0 Å². The van der Waals surface area contributed by atoms with Crippen LogP contribution in [0.4, 0.5) is 0 Å². The zero-order chi connectivity index (χ0) is 12.5. The molecule has 0 aliphatic heterocycles. The van der Waals surface area contributed by atoms with Gasteiger partial charge in [0.1, 0.15) is 0 Å². The molecule has 0 aliphatic carbocycles. The van der Waals surface area contributed by atoms with E-state index in [1.165, 1.54) is 10.8 Å². The molecular weight excluding hydrogens is 206 g/mol. The van der Waals surface area contributed by atoms with Crippen molar-refractivity contribution in [1.29, 1.82) is 5.26 Å². The average molecular weight is 223 g/mol. The van der Waals surface area contributed by atoms with Crippen molar-refractivity contribution in [2.24, 2.45) is 5.41 Å². The number of hydrogen-bond donors (Lipinski definition) is 0. The van der Waals surface area contributed by atoms with Crippen molar-refractivity contribution >= 4 is 10.8 Å². The van der Waals surface area contributed by atoms with Crippen LogP contribution in [-0.2, 0) is 0 Å². The van der Waals surface area contributed by atoms with Crippen molar-refractivity contribution in [2.75, 3.05) is 0 Å². The van der Waals surface area contributed by atoms with Gasteiger partial charge in [0.05, 0.1) is 12.0 Å². The maximum absolute atomic E-state index is 9.34. The molecule has 0 saturated carbocycles. The van der Waals surface area contributed by atoms with Crippen molar-refractivity contribution in [3.05, 3.63) is 48.0 Å². The van der Waals surface area contributed by atoms with Gasteiger partial charge in [-0.2, -0.15) is 5.26 Å². The van der Waals surface area contributed by atoms with E-state index in [1.807, 2.05) is 12.1 Å². The van der Waals surface area contributed by atoms with Crippen LogP contribution >= 0.6 is 0 Å². The minimum atomic E-state index is -0.0629. The lowest BCUT2D eigenvalue weighted by Gasteiger charge is -2.25. The lowest BCUT2D eigenvalue weighted by atomic mass is 9.77. The van der Waals surface area contributed by atoms with E-state index >= 15 is 0 Å². The highest BCUT2D eigenvalue weighted by Gasteiger charge is 2.25. The number of nitriles is 1. The highest BCUT2D eigenvalue weighted by molar-refractivity contribution is 5.83. The van der Waals surface area contributed by atoms with Crippen LogP contribution in [0.1, 0.15) is 32.3 Å². The molecule has 1 unspecified atom stereocenters. The van der Waals surface area contributed by atoms with Crippen LogP contribution in [0.25, 0.3) is 10.8 Å². The normalized spacial score (nSPS) is 13.3. The molecule has 0 radical (unpaired) electrons. The van der Waals surface area contributed by atoms with E-state index in [2.05, 4.69) is 57.2 Å². The summed E-state index contributed by atoms with van der Waals surface area (Å²) < 4.78 is 0. The molecule has 0 N–H and O–H groups in total. The fourth-order valence-corrected chi connectivity index (χ4v) is 2.16. The SMILES string of the molecule is CC(C)(C)C(C#N)c1ccc2ccccc2c1. The minimum absolute atomic E-state index is 0.0305. The van der Waals surface area contributed by atoms with Gasteiger partial charge in [0.25, 0.3) is 0 Å². The predicted molar refractivity (Wildman–Crippen MR) is 71.8 cm³/mol. The fraction of sp³-hybridized carbons (Fsp3) is 0.312. The highest BCUT2D eigenvalue weighted by atomic mass is 14.3. The van der Waals surface area contributed by atoms with Crippen molar-refractivity contribution in [2.45, 2.75) is 26.7 Å². The average Bonchev–Trinajstić information content (AvgIpc) is 2.28. The van der Waals surface area contributed by atoms with Gasteiger partial charge in [-0.15, -0.1) is 0 Å². The Hall–Kier alpha value is -1.81. The molecule has 0 bridgehead atoms. The summed E-state index contributed by atoms with van der Waals surface area (Å²) in [5.74, 6) is -0.0629. The van der Waals surface area contributed by atoms with Crippen LogP contribution < -0.4 is 0 Å². The Morgan fingerprint density at radius 2 is 1.65 bits per heavy atom. The molecule has 0 spiro atoms. The van der Waals surface area contributed by atoms with Crippen LogP contribution in [-0.4, -0.2) is 0 Å². The zero-order valence-corrected chi connectivity index (χ0v) is 10.6. The Balaban J connectivity index is 2.53. The number of nitrogens with zero attached hydrogens (tertiary/aromatic N) is 1. The molecule has 17 heavy (non-hydrogen) atoms. The van der Waals surface area contributed by atoms with Gasteiger partial charge in [-0.25, -0.2) is 0 Å². The molecule has 2 aromatic carbocycles. The van der Waals surface area contributed by atoms with E-state index in [0.717, 1.165) is 5.56 Å². The van der Waals surface area contributed by atoms with Crippen LogP contribution in [0.5, 0.6) is 0 Å². The summed E-state index contributed by atoms with van der Waals surface area (Å²) in [5.41, 5.74) is 1.08. The topological polar surface area (TPSA) is 23.8 Å². The van der Waals surface area contributed by atoms with E-state index < -0.39 is 0 Å². The van der Waals surface area contributed by atoms with Crippen LogP contribution in [0, 0.1) is 16.7 Å². The Bertz CT molecular complexity index is 570. The van der Waals surface area contributed by atoms with E-state index in [-0.39, 0.29) is 11.3 Å². The number of fused-ring (bicyclic) bond motifs is 1. The van der Waals surface area contributed by atoms with Crippen molar-refractivity contribution in [1.82, 2.24) is 0 Å². The molecule has 86 valence electrons. The van der Waals surface area contributed by atoms with Gasteiger partial charge in [0.2, 0.25) is 0 Å². The Kier molecular flexibility index (Phi) is 2.90. The Morgan fingerprint density at radius 3 is 2.24 bits per heavy atom. The van der Waals surface area contributed by atoms with Crippen LogP contribution in [0.3, 0.4) is 0 Å². The van der Waals surface area contributed by atoms with E-state index in [4.69, 9.17) is 0 Å². The third-order valence-corrected chi connectivity index (χ3v) is 3.10.